The van der Waals surface area contributed by atoms with Gasteiger partial charge in [0.15, 0.2) is 0 Å². The molecule has 1 rings (SSSR count). The van der Waals surface area contributed by atoms with Gasteiger partial charge in [-0.1, -0.05) is 13.0 Å². The Morgan fingerprint density at radius 2 is 2.13 bits per heavy atom. The SMILES string of the molecule is CC[C@@H](O)[C@@H](N)c1ccc(Br)c(F)c1.Cl. The molecule has 0 amide bonds. The van der Waals surface area contributed by atoms with Gasteiger partial charge in [-0.05, 0) is 40.0 Å². The number of rotatable bonds is 3. The van der Waals surface area contributed by atoms with Crippen molar-refractivity contribution < 1.29 is 9.50 Å². The third-order valence-corrected chi connectivity index (χ3v) is 2.80. The molecule has 0 aliphatic carbocycles. The van der Waals surface area contributed by atoms with E-state index in [0.717, 1.165) is 0 Å². The molecule has 1 aromatic carbocycles. The van der Waals surface area contributed by atoms with Gasteiger partial charge >= 0.3 is 0 Å². The number of aliphatic hydroxyl groups is 1. The van der Waals surface area contributed by atoms with Gasteiger partial charge in [-0.15, -0.1) is 12.4 Å². The Kier molecular flexibility index (Phi) is 6.36. The van der Waals surface area contributed by atoms with E-state index in [1.807, 2.05) is 6.92 Å². The second-order valence-electron chi connectivity index (χ2n) is 3.17. The number of benzene rings is 1. The van der Waals surface area contributed by atoms with Crippen LogP contribution in [0.2, 0.25) is 0 Å². The van der Waals surface area contributed by atoms with Crippen molar-refractivity contribution in [3.05, 3.63) is 34.1 Å². The predicted molar refractivity (Wildman–Crippen MR) is 64.6 cm³/mol. The highest BCUT2D eigenvalue weighted by atomic mass is 79.9. The molecule has 0 aromatic heterocycles. The van der Waals surface area contributed by atoms with Gasteiger partial charge in [-0.3, -0.25) is 0 Å². The molecule has 3 N–H and O–H groups in total. The molecule has 0 saturated carbocycles. The molecule has 0 radical (unpaired) electrons. The fourth-order valence-corrected chi connectivity index (χ4v) is 1.44. The van der Waals surface area contributed by atoms with Crippen LogP contribution in [0, 0.1) is 5.82 Å². The number of nitrogens with two attached hydrogens (primary N) is 1. The first-order valence-corrected chi connectivity index (χ1v) is 5.24. The Labute approximate surface area is 103 Å². The molecule has 0 fully saturated rings. The Hall–Kier alpha value is -0.160. The predicted octanol–water partition coefficient (Wildman–Crippen LogP) is 2.78. The molecule has 0 aliphatic heterocycles. The minimum atomic E-state index is -0.629. The van der Waals surface area contributed by atoms with Gasteiger partial charge in [-0.2, -0.15) is 0 Å². The van der Waals surface area contributed by atoms with E-state index in [2.05, 4.69) is 15.9 Å². The molecule has 0 saturated heterocycles. The van der Waals surface area contributed by atoms with E-state index >= 15 is 0 Å². The zero-order chi connectivity index (χ0) is 10.7. The summed E-state index contributed by atoms with van der Waals surface area (Å²) in [5.41, 5.74) is 6.35. The third kappa shape index (κ3) is 3.72. The second kappa shape index (κ2) is 6.43. The van der Waals surface area contributed by atoms with Crippen LogP contribution in [0.1, 0.15) is 24.9 Å². The maximum atomic E-state index is 13.1. The molecule has 15 heavy (non-hydrogen) atoms. The molecule has 0 heterocycles. The quantitative estimate of drug-likeness (QED) is 0.901. The lowest BCUT2D eigenvalue weighted by molar-refractivity contribution is 0.140. The zero-order valence-electron chi connectivity index (χ0n) is 8.28. The molecule has 5 heteroatoms. The first-order valence-electron chi connectivity index (χ1n) is 4.44. The van der Waals surface area contributed by atoms with E-state index in [1.54, 1.807) is 12.1 Å². The van der Waals surface area contributed by atoms with Crippen LogP contribution in [0.15, 0.2) is 22.7 Å². The number of aliphatic hydroxyl groups excluding tert-OH is 1. The highest BCUT2D eigenvalue weighted by molar-refractivity contribution is 9.10. The van der Waals surface area contributed by atoms with Gasteiger partial charge in [-0.25, -0.2) is 4.39 Å². The zero-order valence-corrected chi connectivity index (χ0v) is 10.7. The Morgan fingerprint density at radius 3 is 2.60 bits per heavy atom. The van der Waals surface area contributed by atoms with Crippen LogP contribution in [0.3, 0.4) is 0 Å². The smallest absolute Gasteiger partial charge is 0.137 e. The van der Waals surface area contributed by atoms with Crippen LogP contribution in [-0.2, 0) is 0 Å². The average molecular weight is 299 g/mol. The normalized spacial score (nSPS) is 14.2. The van der Waals surface area contributed by atoms with Crippen LogP contribution < -0.4 is 5.73 Å². The maximum absolute atomic E-state index is 13.1. The van der Waals surface area contributed by atoms with Crippen LogP contribution in [0.5, 0.6) is 0 Å². The fourth-order valence-electron chi connectivity index (χ4n) is 1.20. The summed E-state index contributed by atoms with van der Waals surface area (Å²) in [7, 11) is 0. The first-order chi connectivity index (χ1) is 6.56. The molecule has 1 aromatic rings. The minimum Gasteiger partial charge on any atom is -0.391 e. The van der Waals surface area contributed by atoms with E-state index in [9.17, 15) is 9.50 Å². The van der Waals surface area contributed by atoms with Gasteiger partial charge in [0.1, 0.15) is 5.82 Å². The Morgan fingerprint density at radius 1 is 1.53 bits per heavy atom. The summed E-state index contributed by atoms with van der Waals surface area (Å²) in [6.07, 6.45) is -0.0747. The third-order valence-electron chi connectivity index (χ3n) is 2.16. The largest absolute Gasteiger partial charge is 0.391 e. The number of hydrogen-bond acceptors (Lipinski definition) is 2. The molecule has 2 atom stereocenters. The van der Waals surface area contributed by atoms with Crippen LogP contribution in [-0.4, -0.2) is 11.2 Å². The van der Waals surface area contributed by atoms with E-state index in [1.165, 1.54) is 6.07 Å². The number of hydrogen-bond donors (Lipinski definition) is 2. The van der Waals surface area contributed by atoms with Crippen molar-refractivity contribution in [2.75, 3.05) is 0 Å². The van der Waals surface area contributed by atoms with Crippen molar-refractivity contribution in [1.82, 2.24) is 0 Å². The molecule has 0 aliphatic rings. The average Bonchev–Trinajstić information content (AvgIpc) is 2.20. The van der Waals surface area contributed by atoms with E-state index in [-0.39, 0.29) is 18.2 Å². The maximum Gasteiger partial charge on any atom is 0.137 e. The van der Waals surface area contributed by atoms with Gasteiger partial charge in [0.05, 0.1) is 16.6 Å². The highest BCUT2D eigenvalue weighted by Gasteiger charge is 2.15. The summed E-state index contributed by atoms with van der Waals surface area (Å²) in [6.45, 7) is 1.83. The van der Waals surface area contributed by atoms with Crippen molar-refractivity contribution in [3.8, 4) is 0 Å². The van der Waals surface area contributed by atoms with Gasteiger partial charge in [0.2, 0.25) is 0 Å². The standard InChI is InChI=1S/C10H13BrFNO.ClH/c1-2-9(14)10(13)6-3-4-7(11)8(12)5-6;/h3-5,9-10,14H,2,13H2,1H3;1H/t9-,10+;/m1./s1. The van der Waals surface area contributed by atoms with Crippen molar-refractivity contribution >= 4 is 28.3 Å². The minimum absolute atomic E-state index is 0. The van der Waals surface area contributed by atoms with E-state index in [4.69, 9.17) is 5.73 Å². The summed E-state index contributed by atoms with van der Waals surface area (Å²) in [6, 6.07) is 4.11. The lowest BCUT2D eigenvalue weighted by Gasteiger charge is -2.17. The van der Waals surface area contributed by atoms with Crippen LogP contribution in [0.25, 0.3) is 0 Å². The topological polar surface area (TPSA) is 46.2 Å². The fraction of sp³-hybridized carbons (Fsp3) is 0.400. The molecule has 0 spiro atoms. The Bertz CT molecular complexity index is 324. The summed E-state index contributed by atoms with van der Waals surface area (Å²) in [5, 5.41) is 9.48. The lowest BCUT2D eigenvalue weighted by Crippen LogP contribution is -2.25. The van der Waals surface area contributed by atoms with Gasteiger partial charge < -0.3 is 10.8 Å². The summed E-state index contributed by atoms with van der Waals surface area (Å²) in [4.78, 5) is 0. The second-order valence-corrected chi connectivity index (χ2v) is 4.03. The van der Waals surface area contributed by atoms with Crippen molar-refractivity contribution in [2.45, 2.75) is 25.5 Å². The lowest BCUT2D eigenvalue weighted by atomic mass is 10.0. The highest BCUT2D eigenvalue weighted by Crippen LogP contribution is 2.22. The molecule has 2 nitrogen and oxygen atoms in total. The molecule has 0 unspecified atom stereocenters. The summed E-state index contributed by atoms with van der Waals surface area (Å²) < 4.78 is 13.5. The monoisotopic (exact) mass is 297 g/mol. The van der Waals surface area contributed by atoms with Gasteiger partial charge in [0, 0.05) is 0 Å². The first kappa shape index (κ1) is 14.8. The molecule has 0 bridgehead atoms. The van der Waals surface area contributed by atoms with E-state index < -0.39 is 12.1 Å². The Balaban J connectivity index is 0.00000196. The summed E-state index contributed by atoms with van der Waals surface area (Å²) >= 11 is 3.05. The number of halogens is 3. The summed E-state index contributed by atoms with van der Waals surface area (Å²) in [5.74, 6) is -0.360. The van der Waals surface area contributed by atoms with Crippen molar-refractivity contribution in [1.29, 1.82) is 0 Å². The van der Waals surface area contributed by atoms with Crippen molar-refractivity contribution in [3.63, 3.8) is 0 Å². The molecular weight excluding hydrogens is 284 g/mol. The van der Waals surface area contributed by atoms with Crippen molar-refractivity contribution in [2.24, 2.45) is 5.73 Å². The van der Waals surface area contributed by atoms with E-state index in [0.29, 0.717) is 16.5 Å². The molecular formula is C10H14BrClFNO. The van der Waals surface area contributed by atoms with Gasteiger partial charge in [0.25, 0.3) is 0 Å². The molecule has 86 valence electrons. The van der Waals surface area contributed by atoms with Crippen LogP contribution in [0.4, 0.5) is 4.39 Å². The van der Waals surface area contributed by atoms with Crippen LogP contribution >= 0.6 is 28.3 Å².